The Balaban J connectivity index is 1.95. The number of hydrogen-bond donors (Lipinski definition) is 1. The van der Waals surface area contributed by atoms with Crippen molar-refractivity contribution in [3.63, 3.8) is 0 Å². The minimum absolute atomic E-state index is 0.0740. The van der Waals surface area contributed by atoms with E-state index in [4.69, 9.17) is 18.6 Å². The largest absolute Gasteiger partial charge is 0.407 e. The van der Waals surface area contributed by atoms with Crippen molar-refractivity contribution in [3.8, 4) is 0 Å². The molecule has 1 aromatic rings. The van der Waals surface area contributed by atoms with Crippen LogP contribution in [0, 0.1) is 0 Å². The van der Waals surface area contributed by atoms with Crippen molar-refractivity contribution in [2.45, 2.75) is 102 Å². The van der Waals surface area contributed by atoms with E-state index < -0.39 is 20.4 Å². The van der Waals surface area contributed by atoms with E-state index >= 15 is 0 Å². The number of benzene rings is 1. The molecule has 2 aliphatic heterocycles. The van der Waals surface area contributed by atoms with E-state index in [1.54, 1.807) is 0 Å². The van der Waals surface area contributed by atoms with Gasteiger partial charge in [-0.15, -0.1) is 0 Å². The van der Waals surface area contributed by atoms with Crippen LogP contribution in [0.3, 0.4) is 0 Å². The Bertz CT molecular complexity index is 655. The molecule has 0 amide bonds. The molecule has 2 aliphatic rings. The summed E-state index contributed by atoms with van der Waals surface area (Å²) < 4.78 is 25.3. The third kappa shape index (κ3) is 4.69. The smallest absolute Gasteiger partial charge is 0.193 e. The van der Waals surface area contributed by atoms with Crippen LogP contribution >= 0.6 is 0 Å². The van der Waals surface area contributed by atoms with Crippen LogP contribution in [0.25, 0.3) is 0 Å². The van der Waals surface area contributed by atoms with E-state index in [0.717, 1.165) is 12.0 Å². The van der Waals surface area contributed by atoms with E-state index in [-0.39, 0.29) is 29.5 Å². The minimum atomic E-state index is -2.07. The zero-order chi connectivity index (χ0) is 20.7. The molecule has 1 unspecified atom stereocenters. The summed E-state index contributed by atoms with van der Waals surface area (Å²) in [7, 11) is -2.07. The molecule has 1 aromatic carbocycles. The Morgan fingerprint density at radius 3 is 2.29 bits per heavy atom. The molecule has 2 fully saturated rings. The fourth-order valence-corrected chi connectivity index (χ4v) is 4.95. The lowest BCUT2D eigenvalue weighted by atomic mass is 9.96. The predicted octanol–water partition coefficient (Wildman–Crippen LogP) is 4.77. The van der Waals surface area contributed by atoms with Gasteiger partial charge in [0, 0.05) is 6.42 Å². The lowest BCUT2D eigenvalue weighted by molar-refractivity contribution is -0.171. The molecule has 158 valence electrons. The maximum atomic E-state index is 9.88. The highest BCUT2D eigenvalue weighted by Gasteiger charge is 2.53. The first-order valence-corrected chi connectivity index (χ1v) is 13.2. The van der Waals surface area contributed by atoms with Crippen molar-refractivity contribution in [3.05, 3.63) is 35.9 Å². The second-order valence-electron chi connectivity index (χ2n) is 9.98. The van der Waals surface area contributed by atoms with Gasteiger partial charge in [0.2, 0.25) is 0 Å². The average molecular weight is 409 g/mol. The Kier molecular flexibility index (Phi) is 6.12. The van der Waals surface area contributed by atoms with Gasteiger partial charge in [-0.25, -0.2) is 0 Å². The van der Waals surface area contributed by atoms with Gasteiger partial charge in [-0.1, -0.05) is 51.1 Å². The summed E-state index contributed by atoms with van der Waals surface area (Å²) in [6.07, 6.45) is -0.398. The van der Waals surface area contributed by atoms with Gasteiger partial charge in [-0.2, -0.15) is 0 Å². The van der Waals surface area contributed by atoms with Crippen LogP contribution in [-0.4, -0.2) is 43.8 Å². The lowest BCUT2D eigenvalue weighted by Crippen LogP contribution is -2.47. The standard InChI is InChI=1S/C22H36O5Si/c1-21(2,3)28(6,7)27-18(15-11-9-8-10-12-15)20-19(25-22(4,5)26-20)16-13-14-17(23)24-16/h8-12,16-20,23H,13-14H2,1-7H3/t16-,17?,18-,19+,20+/m0/s1. The van der Waals surface area contributed by atoms with Crippen molar-refractivity contribution < 1.29 is 23.7 Å². The van der Waals surface area contributed by atoms with E-state index in [1.165, 1.54) is 0 Å². The second-order valence-corrected chi connectivity index (χ2v) is 14.7. The van der Waals surface area contributed by atoms with Crippen LogP contribution in [0.1, 0.15) is 59.1 Å². The first kappa shape index (κ1) is 21.9. The van der Waals surface area contributed by atoms with Crippen molar-refractivity contribution >= 4 is 8.32 Å². The molecule has 0 bridgehead atoms. The van der Waals surface area contributed by atoms with Crippen molar-refractivity contribution in [1.29, 1.82) is 0 Å². The van der Waals surface area contributed by atoms with Crippen LogP contribution in [0.15, 0.2) is 30.3 Å². The van der Waals surface area contributed by atoms with Gasteiger partial charge in [0.15, 0.2) is 20.4 Å². The SMILES string of the molecule is CC1(C)O[C@H]([C@@H]2CCC(O)O2)[C@@H]([C@@H](O[Si](C)(C)C(C)(C)C)c2ccccc2)O1. The molecule has 0 saturated carbocycles. The van der Waals surface area contributed by atoms with Crippen LogP contribution < -0.4 is 0 Å². The van der Waals surface area contributed by atoms with Crippen molar-refractivity contribution in [2.75, 3.05) is 0 Å². The summed E-state index contributed by atoms with van der Waals surface area (Å²) in [5.41, 5.74) is 1.09. The molecule has 2 heterocycles. The molecule has 0 aliphatic carbocycles. The summed E-state index contributed by atoms with van der Waals surface area (Å²) in [6, 6.07) is 10.3. The highest BCUT2D eigenvalue weighted by atomic mass is 28.4. The van der Waals surface area contributed by atoms with Crippen LogP contribution in [0.5, 0.6) is 0 Å². The highest BCUT2D eigenvalue weighted by molar-refractivity contribution is 6.74. The molecule has 28 heavy (non-hydrogen) atoms. The van der Waals surface area contributed by atoms with Gasteiger partial charge in [0.1, 0.15) is 12.2 Å². The van der Waals surface area contributed by atoms with Gasteiger partial charge in [-0.3, -0.25) is 0 Å². The summed E-state index contributed by atoms with van der Waals surface area (Å²) >= 11 is 0. The number of aliphatic hydroxyl groups is 1. The molecule has 5 nitrogen and oxygen atoms in total. The van der Waals surface area contributed by atoms with Gasteiger partial charge in [0.25, 0.3) is 0 Å². The monoisotopic (exact) mass is 408 g/mol. The quantitative estimate of drug-likeness (QED) is 0.712. The third-order valence-electron chi connectivity index (χ3n) is 6.21. The third-order valence-corrected chi connectivity index (χ3v) is 10.7. The van der Waals surface area contributed by atoms with E-state index in [2.05, 4.69) is 46.0 Å². The van der Waals surface area contributed by atoms with Gasteiger partial charge in [-0.05, 0) is 44.0 Å². The first-order valence-electron chi connectivity index (χ1n) is 10.3. The normalized spacial score (nSPS) is 31.9. The molecule has 0 aromatic heterocycles. The molecule has 3 rings (SSSR count). The Morgan fingerprint density at radius 2 is 1.75 bits per heavy atom. The molecular weight excluding hydrogens is 372 g/mol. The average Bonchev–Trinajstić information content (AvgIpc) is 3.15. The second kappa shape index (κ2) is 7.82. The van der Waals surface area contributed by atoms with Crippen LogP contribution in [0.2, 0.25) is 18.1 Å². The maximum absolute atomic E-state index is 9.88. The molecule has 6 heteroatoms. The Morgan fingerprint density at radius 1 is 1.11 bits per heavy atom. The lowest BCUT2D eigenvalue weighted by Gasteiger charge is -2.41. The van der Waals surface area contributed by atoms with Crippen molar-refractivity contribution in [2.24, 2.45) is 0 Å². The number of aliphatic hydroxyl groups excluding tert-OH is 1. The molecule has 5 atom stereocenters. The number of ether oxygens (including phenoxy) is 3. The van der Waals surface area contributed by atoms with Gasteiger partial charge < -0.3 is 23.7 Å². The van der Waals surface area contributed by atoms with Gasteiger partial charge >= 0.3 is 0 Å². The first-order chi connectivity index (χ1) is 12.9. The van der Waals surface area contributed by atoms with Crippen LogP contribution in [-0.2, 0) is 18.6 Å². The molecule has 1 N–H and O–H groups in total. The van der Waals surface area contributed by atoms with E-state index in [0.29, 0.717) is 6.42 Å². The maximum Gasteiger partial charge on any atom is 0.193 e. The predicted molar refractivity (Wildman–Crippen MR) is 111 cm³/mol. The Hall–Kier alpha value is -0.763. The molecule has 2 saturated heterocycles. The highest BCUT2D eigenvalue weighted by Crippen LogP contribution is 2.46. The molecular formula is C22H36O5Si. The molecule has 0 spiro atoms. The van der Waals surface area contributed by atoms with E-state index in [1.807, 2.05) is 32.0 Å². The minimum Gasteiger partial charge on any atom is -0.407 e. The number of hydrogen-bond acceptors (Lipinski definition) is 5. The van der Waals surface area contributed by atoms with Crippen LogP contribution in [0.4, 0.5) is 0 Å². The Labute approximate surface area is 170 Å². The van der Waals surface area contributed by atoms with E-state index in [9.17, 15) is 5.11 Å². The summed E-state index contributed by atoms with van der Waals surface area (Å²) in [5.74, 6) is -0.726. The fraction of sp³-hybridized carbons (Fsp3) is 0.727. The summed E-state index contributed by atoms with van der Waals surface area (Å²) in [6.45, 7) is 15.1. The summed E-state index contributed by atoms with van der Waals surface area (Å²) in [5, 5.41) is 9.96. The summed E-state index contributed by atoms with van der Waals surface area (Å²) in [4.78, 5) is 0. The topological polar surface area (TPSA) is 57.2 Å². The van der Waals surface area contributed by atoms with Crippen molar-refractivity contribution in [1.82, 2.24) is 0 Å². The molecule has 0 radical (unpaired) electrons. The zero-order valence-corrected chi connectivity index (χ0v) is 19.3. The fourth-order valence-electron chi connectivity index (χ4n) is 3.69. The number of rotatable bonds is 5. The zero-order valence-electron chi connectivity index (χ0n) is 18.3. The van der Waals surface area contributed by atoms with Gasteiger partial charge in [0.05, 0.1) is 12.2 Å².